The minimum atomic E-state index is -4.15. The summed E-state index contributed by atoms with van der Waals surface area (Å²) < 4.78 is 82.5. The van der Waals surface area contributed by atoms with Gasteiger partial charge in [0, 0.05) is 33.1 Å². The van der Waals surface area contributed by atoms with E-state index >= 15 is 0 Å². The minimum absolute atomic E-state index is 0.0220. The fourth-order valence-corrected chi connectivity index (χ4v) is 9.54. The molecule has 0 bridgehead atoms. The average Bonchev–Trinajstić information content (AvgIpc) is 3.35. The first kappa shape index (κ1) is 62.7. The second-order valence-electron chi connectivity index (χ2n) is 17.5. The molecule has 1 amide bonds. The zero-order valence-corrected chi connectivity index (χ0v) is 40.5. The number of carboxylic acids is 2. The molecule has 0 aromatic heterocycles. The highest BCUT2D eigenvalue weighted by molar-refractivity contribution is 7.91. The Morgan fingerprint density at radius 3 is 1.55 bits per heavy atom. The van der Waals surface area contributed by atoms with Crippen LogP contribution in [0.25, 0.3) is 0 Å². The van der Waals surface area contributed by atoms with Crippen molar-refractivity contribution in [3.05, 3.63) is 0 Å². The number of carboxylic acid groups (broad SMARTS) is 2. The molecule has 15 N–H and O–H groups in total. The van der Waals surface area contributed by atoms with Gasteiger partial charge < -0.3 is 129 Å². The zero-order chi connectivity index (χ0) is 54.3. The van der Waals surface area contributed by atoms with Crippen LogP contribution in [0.3, 0.4) is 0 Å². The highest BCUT2D eigenvalue weighted by atomic mass is 32.2. The molecular weight excluding hydrogens is 1020 g/mol. The molecule has 0 spiro atoms. The Labute approximate surface area is 417 Å². The van der Waals surface area contributed by atoms with Crippen molar-refractivity contribution < 1.29 is 141 Å². The number of hydrogen-bond acceptors (Lipinski definition) is 28. The van der Waals surface area contributed by atoms with E-state index in [1.54, 1.807) is 0 Å². The lowest BCUT2D eigenvalue weighted by Gasteiger charge is -2.49. The lowest BCUT2D eigenvalue weighted by molar-refractivity contribution is -0.390. The summed E-state index contributed by atoms with van der Waals surface area (Å²) in [6, 6.07) is -1.40. The Balaban J connectivity index is 1.48. The highest BCUT2D eigenvalue weighted by Gasteiger charge is 2.56. The first-order valence-corrected chi connectivity index (χ1v) is 25.0. The molecule has 0 aliphatic carbocycles. The van der Waals surface area contributed by atoms with Crippen LogP contribution in [0.4, 0.5) is 0 Å². The standard InChI is InChI=1S/C41H70N2O29S/c1-63-31-19(13-45)67-39(28(55)24(31)51)71-34-22(16-48)69-41(72-33-21(15-47)68-40(29(56)26(33)53)70-32-20(14-46)66-38(64-2)27(54)25(32)52)35(30(34)57)65-9-11-73(61,62)10-7-43-36(58)17(5-8-44)4-3-6-42-18(37(59)60)12-23(49)50/h8,17-22,24-35,38-42,45-48,51-57H,3-7,9-16H2,1-2H3,(H,43,58)(H,49,50)(H,59,60)/t17-,18-,19?,20?,21?,22?,24+,25+,26+,27?,28?,29?,30-,31-,32-,33-,34-,35?,38+,39-,40-,41-/m0/s1. The van der Waals surface area contributed by atoms with E-state index in [1.807, 2.05) is 0 Å². The first-order chi connectivity index (χ1) is 34.6. The third-order valence-corrected chi connectivity index (χ3v) is 14.2. The number of carbonyl (C=O) groups is 4. The molecule has 22 atom stereocenters. The van der Waals surface area contributed by atoms with Crippen LogP contribution in [0.2, 0.25) is 0 Å². The zero-order valence-electron chi connectivity index (χ0n) is 39.7. The van der Waals surface area contributed by atoms with E-state index in [2.05, 4.69) is 10.6 Å². The van der Waals surface area contributed by atoms with Crippen LogP contribution >= 0.6 is 0 Å². The number of nitrogens with one attached hydrogen (secondary N) is 2. The van der Waals surface area contributed by atoms with Gasteiger partial charge in [0.25, 0.3) is 0 Å². The Bertz CT molecular complexity index is 1820. The number of rotatable bonds is 30. The lowest BCUT2D eigenvalue weighted by atomic mass is 9.95. The molecule has 4 aliphatic heterocycles. The van der Waals surface area contributed by atoms with Crippen molar-refractivity contribution in [1.29, 1.82) is 0 Å². The van der Waals surface area contributed by atoms with Crippen molar-refractivity contribution in [1.82, 2.24) is 10.6 Å². The van der Waals surface area contributed by atoms with Crippen LogP contribution in [0, 0.1) is 5.92 Å². The van der Waals surface area contributed by atoms with E-state index in [9.17, 15) is 88.9 Å². The van der Waals surface area contributed by atoms with Crippen LogP contribution in [0.15, 0.2) is 0 Å². The van der Waals surface area contributed by atoms with Gasteiger partial charge in [-0.05, 0) is 19.4 Å². The van der Waals surface area contributed by atoms with E-state index in [-0.39, 0.29) is 25.8 Å². The van der Waals surface area contributed by atoms with Crippen LogP contribution in [0.1, 0.15) is 25.7 Å². The van der Waals surface area contributed by atoms with Gasteiger partial charge in [-0.25, -0.2) is 8.42 Å². The minimum Gasteiger partial charge on any atom is -0.481 e. The summed E-state index contributed by atoms with van der Waals surface area (Å²) in [5.74, 6) is -5.93. The Hall–Kier alpha value is -2.85. The molecule has 0 aromatic carbocycles. The molecule has 0 radical (unpaired) electrons. The molecule has 0 saturated carbocycles. The van der Waals surface area contributed by atoms with Crippen molar-refractivity contribution in [2.45, 2.75) is 155 Å². The first-order valence-electron chi connectivity index (χ1n) is 23.2. The van der Waals surface area contributed by atoms with Gasteiger partial charge in [-0.2, -0.15) is 0 Å². The largest absolute Gasteiger partial charge is 0.481 e. The van der Waals surface area contributed by atoms with Gasteiger partial charge in [-0.15, -0.1) is 0 Å². The number of amides is 1. The number of sulfone groups is 1. The maximum atomic E-state index is 13.2. The summed E-state index contributed by atoms with van der Waals surface area (Å²) in [6.45, 7) is -4.80. The fourth-order valence-electron chi connectivity index (χ4n) is 8.57. The third-order valence-electron chi connectivity index (χ3n) is 12.6. The molecule has 31 nitrogen and oxygen atoms in total. The summed E-state index contributed by atoms with van der Waals surface area (Å²) >= 11 is 0. The number of aliphatic hydroxyl groups excluding tert-OH is 11. The number of ether oxygens (including phenoxy) is 10. The maximum Gasteiger partial charge on any atom is 0.321 e. The van der Waals surface area contributed by atoms with Gasteiger partial charge in [0.05, 0.1) is 51.0 Å². The third kappa shape index (κ3) is 16.6. The van der Waals surface area contributed by atoms with E-state index in [4.69, 9.17) is 52.5 Å². The van der Waals surface area contributed by atoms with Crippen molar-refractivity contribution in [2.75, 3.05) is 71.8 Å². The van der Waals surface area contributed by atoms with Gasteiger partial charge in [-0.3, -0.25) is 14.4 Å². The quantitative estimate of drug-likeness (QED) is 0.0235. The van der Waals surface area contributed by atoms with Crippen molar-refractivity contribution in [2.24, 2.45) is 5.92 Å². The van der Waals surface area contributed by atoms with Gasteiger partial charge in [0.15, 0.2) is 35.0 Å². The predicted octanol–water partition coefficient (Wildman–Crippen LogP) is -9.38. The maximum absolute atomic E-state index is 13.2. The molecular formula is C41H70N2O29S. The van der Waals surface area contributed by atoms with Gasteiger partial charge in [0.2, 0.25) is 5.91 Å². The molecule has 73 heavy (non-hydrogen) atoms. The monoisotopic (exact) mass is 1090 g/mol. The number of carbonyl (C=O) groups excluding carboxylic acids is 2. The Morgan fingerprint density at radius 1 is 0.603 bits per heavy atom. The van der Waals surface area contributed by atoms with Crippen molar-refractivity contribution in [3.8, 4) is 0 Å². The van der Waals surface area contributed by atoms with Crippen LogP contribution in [-0.4, -0.2) is 300 Å². The molecule has 32 heteroatoms. The molecule has 4 heterocycles. The van der Waals surface area contributed by atoms with E-state index in [0.717, 1.165) is 7.11 Å². The topological polar surface area (TPSA) is 482 Å². The smallest absolute Gasteiger partial charge is 0.321 e. The van der Waals surface area contributed by atoms with Gasteiger partial charge in [0.1, 0.15) is 110 Å². The van der Waals surface area contributed by atoms with Gasteiger partial charge >= 0.3 is 11.9 Å². The molecule has 4 fully saturated rings. The van der Waals surface area contributed by atoms with Crippen LogP contribution < -0.4 is 10.6 Å². The predicted molar refractivity (Wildman–Crippen MR) is 234 cm³/mol. The molecule has 4 rings (SSSR count). The van der Waals surface area contributed by atoms with Crippen LogP contribution in [-0.2, 0) is 76.4 Å². The van der Waals surface area contributed by atoms with E-state index in [0.29, 0.717) is 6.29 Å². The van der Waals surface area contributed by atoms with Crippen LogP contribution in [0.5, 0.6) is 0 Å². The number of aliphatic hydroxyl groups is 11. The lowest BCUT2D eigenvalue weighted by Crippen LogP contribution is -2.68. The average molecular weight is 1090 g/mol. The van der Waals surface area contributed by atoms with E-state index < -0.39 is 220 Å². The Kier molecular flexibility index (Phi) is 25.4. The SMILES string of the molecule is CO[C@@H]1OC(CO)[C@H](O[C@@H]2OC(CO)[C@H](O[C@@H]3OC(CO)[C@H](O[C@@H]4OC(CO)[C@H](OC)[C@H](O)C4O)[C@H](O)C3OCCS(=O)(=O)CCNC(=O)[C@H](CC=O)CCCN[C@@H](CC(=O)O)C(=O)O)[C@H](O)C2O)[C@H](O)C1O. The second-order valence-corrected chi connectivity index (χ2v) is 19.8. The van der Waals surface area contributed by atoms with E-state index in [1.165, 1.54) is 7.11 Å². The summed E-state index contributed by atoms with van der Waals surface area (Å²) in [6.07, 6.45) is -35.3. The van der Waals surface area contributed by atoms with Crippen molar-refractivity contribution in [3.63, 3.8) is 0 Å². The number of hydrogen-bond donors (Lipinski definition) is 15. The normalized spacial score (nSPS) is 38.0. The summed E-state index contributed by atoms with van der Waals surface area (Å²) in [7, 11) is -1.83. The second kappa shape index (κ2) is 29.6. The Morgan fingerprint density at radius 2 is 1.07 bits per heavy atom. The number of aldehydes is 1. The summed E-state index contributed by atoms with van der Waals surface area (Å²) in [5.41, 5.74) is 0. The molecule has 8 unspecified atom stereocenters. The van der Waals surface area contributed by atoms with Gasteiger partial charge in [-0.1, -0.05) is 0 Å². The molecule has 4 aliphatic rings. The fraction of sp³-hybridized carbons (Fsp3) is 0.902. The van der Waals surface area contributed by atoms with Crippen molar-refractivity contribution >= 4 is 34.0 Å². The molecule has 424 valence electrons. The highest BCUT2D eigenvalue weighted by Crippen LogP contribution is 2.35. The number of methoxy groups -OCH3 is 2. The molecule has 0 aromatic rings. The summed E-state index contributed by atoms with van der Waals surface area (Å²) in [4.78, 5) is 46.5. The number of aliphatic carboxylic acids is 2. The summed E-state index contributed by atoms with van der Waals surface area (Å²) in [5, 5.41) is 141. The molecule has 4 saturated heterocycles.